The van der Waals surface area contributed by atoms with Crippen LogP contribution in [-0.2, 0) is 16.1 Å². The summed E-state index contributed by atoms with van der Waals surface area (Å²) in [5, 5.41) is 2.92. The summed E-state index contributed by atoms with van der Waals surface area (Å²) in [5.41, 5.74) is 0.848. The van der Waals surface area contributed by atoms with Crippen molar-refractivity contribution in [3.05, 3.63) is 35.1 Å². The molecule has 0 unspecified atom stereocenters. The van der Waals surface area contributed by atoms with E-state index in [1.165, 1.54) is 12.1 Å². The number of halogens is 1. The molecule has 4 nitrogen and oxygen atoms in total. The molecule has 0 aromatic heterocycles. The molecule has 1 aromatic carbocycles. The molecule has 1 aromatic rings. The molecule has 1 amide bonds. The lowest BCUT2D eigenvalue weighted by atomic mass is 10.1. The van der Waals surface area contributed by atoms with Gasteiger partial charge < -0.3 is 14.8 Å². The molecule has 1 aliphatic rings. The SMILES string of the molecule is CC(C)OCc1cc(C(=O)N[C@H]2CCCOC2)ccc1F. The number of nitrogens with one attached hydrogen (secondary N) is 1. The van der Waals surface area contributed by atoms with E-state index in [2.05, 4.69) is 5.32 Å². The van der Waals surface area contributed by atoms with Crippen LogP contribution < -0.4 is 5.32 Å². The van der Waals surface area contributed by atoms with Gasteiger partial charge in [0.25, 0.3) is 5.91 Å². The summed E-state index contributed by atoms with van der Waals surface area (Å²) in [4.78, 5) is 12.2. The Bertz CT molecular complexity index is 484. The zero-order valence-electron chi connectivity index (χ0n) is 12.5. The predicted molar refractivity (Wildman–Crippen MR) is 77.6 cm³/mol. The lowest BCUT2D eigenvalue weighted by Crippen LogP contribution is -2.40. The molecule has 1 saturated heterocycles. The van der Waals surface area contributed by atoms with Gasteiger partial charge in [-0.1, -0.05) is 0 Å². The molecule has 1 aliphatic heterocycles. The van der Waals surface area contributed by atoms with Crippen LogP contribution in [-0.4, -0.2) is 31.3 Å². The highest BCUT2D eigenvalue weighted by Gasteiger charge is 2.18. The van der Waals surface area contributed by atoms with Crippen molar-refractivity contribution < 1.29 is 18.7 Å². The van der Waals surface area contributed by atoms with Crippen molar-refractivity contribution in [2.24, 2.45) is 0 Å². The first kappa shape index (κ1) is 15.9. The van der Waals surface area contributed by atoms with Crippen LogP contribution in [0.4, 0.5) is 4.39 Å². The number of carbonyl (C=O) groups is 1. The minimum atomic E-state index is -0.354. The van der Waals surface area contributed by atoms with E-state index in [0.29, 0.717) is 17.7 Å². The quantitative estimate of drug-likeness (QED) is 0.908. The molecule has 0 spiro atoms. The topological polar surface area (TPSA) is 47.6 Å². The van der Waals surface area contributed by atoms with Gasteiger partial charge in [-0.3, -0.25) is 4.79 Å². The highest BCUT2D eigenvalue weighted by atomic mass is 19.1. The molecule has 1 fully saturated rings. The van der Waals surface area contributed by atoms with E-state index in [9.17, 15) is 9.18 Å². The second-order valence-corrected chi connectivity index (χ2v) is 5.55. The molecule has 2 rings (SSSR count). The minimum absolute atomic E-state index is 0.0151. The van der Waals surface area contributed by atoms with Crippen LogP contribution in [0.2, 0.25) is 0 Å². The number of hydrogen-bond acceptors (Lipinski definition) is 3. The number of hydrogen-bond donors (Lipinski definition) is 1. The summed E-state index contributed by atoms with van der Waals surface area (Å²) in [6.45, 7) is 5.22. The van der Waals surface area contributed by atoms with Crippen LogP contribution in [0.3, 0.4) is 0 Å². The fourth-order valence-corrected chi connectivity index (χ4v) is 2.21. The van der Waals surface area contributed by atoms with Gasteiger partial charge in [-0.05, 0) is 44.9 Å². The molecule has 1 atom stereocenters. The summed E-state index contributed by atoms with van der Waals surface area (Å²) < 4.78 is 24.4. The highest BCUT2D eigenvalue weighted by Crippen LogP contribution is 2.14. The second-order valence-electron chi connectivity index (χ2n) is 5.55. The monoisotopic (exact) mass is 295 g/mol. The lowest BCUT2D eigenvalue weighted by Gasteiger charge is -2.23. The molecule has 1 heterocycles. The number of benzene rings is 1. The van der Waals surface area contributed by atoms with E-state index in [-0.39, 0.29) is 30.5 Å². The molecular weight excluding hydrogens is 273 g/mol. The van der Waals surface area contributed by atoms with Crippen molar-refractivity contribution in [2.45, 2.75) is 45.4 Å². The Morgan fingerprint density at radius 3 is 3.00 bits per heavy atom. The number of ether oxygens (including phenoxy) is 2. The van der Waals surface area contributed by atoms with Crippen LogP contribution in [0.1, 0.15) is 42.6 Å². The lowest BCUT2D eigenvalue weighted by molar-refractivity contribution is 0.0619. The Morgan fingerprint density at radius 1 is 1.52 bits per heavy atom. The van der Waals surface area contributed by atoms with Crippen molar-refractivity contribution >= 4 is 5.91 Å². The number of amides is 1. The first-order valence-electron chi connectivity index (χ1n) is 7.35. The normalized spacial score (nSPS) is 18.8. The largest absolute Gasteiger partial charge is 0.379 e. The number of rotatable bonds is 5. The van der Waals surface area contributed by atoms with Gasteiger partial charge in [-0.25, -0.2) is 4.39 Å². The highest BCUT2D eigenvalue weighted by molar-refractivity contribution is 5.94. The third-order valence-electron chi connectivity index (χ3n) is 3.38. The van der Waals surface area contributed by atoms with Crippen LogP contribution in [0.5, 0.6) is 0 Å². The molecule has 116 valence electrons. The minimum Gasteiger partial charge on any atom is -0.379 e. The van der Waals surface area contributed by atoms with Crippen LogP contribution in [0, 0.1) is 5.82 Å². The fraction of sp³-hybridized carbons (Fsp3) is 0.562. The molecule has 0 bridgehead atoms. The Morgan fingerprint density at radius 2 is 2.33 bits per heavy atom. The zero-order chi connectivity index (χ0) is 15.2. The molecular formula is C16H22FNO3. The maximum atomic E-state index is 13.7. The summed E-state index contributed by atoms with van der Waals surface area (Å²) in [7, 11) is 0. The van der Waals surface area contributed by atoms with Gasteiger partial charge in [0.2, 0.25) is 0 Å². The van der Waals surface area contributed by atoms with Crippen LogP contribution in [0.15, 0.2) is 18.2 Å². The molecule has 0 radical (unpaired) electrons. The zero-order valence-corrected chi connectivity index (χ0v) is 12.5. The van der Waals surface area contributed by atoms with Crippen LogP contribution >= 0.6 is 0 Å². The van der Waals surface area contributed by atoms with E-state index in [4.69, 9.17) is 9.47 Å². The van der Waals surface area contributed by atoms with E-state index in [1.807, 2.05) is 13.8 Å². The smallest absolute Gasteiger partial charge is 0.251 e. The van der Waals surface area contributed by atoms with E-state index in [0.717, 1.165) is 19.4 Å². The van der Waals surface area contributed by atoms with Crippen molar-refractivity contribution in [1.29, 1.82) is 0 Å². The van der Waals surface area contributed by atoms with Crippen LogP contribution in [0.25, 0.3) is 0 Å². The van der Waals surface area contributed by atoms with Crippen molar-refractivity contribution in [1.82, 2.24) is 5.32 Å². The molecule has 5 heteroatoms. The van der Waals surface area contributed by atoms with Crippen molar-refractivity contribution in [3.8, 4) is 0 Å². The average molecular weight is 295 g/mol. The van der Waals surface area contributed by atoms with Gasteiger partial charge in [0.1, 0.15) is 5.82 Å². The summed E-state index contributed by atoms with van der Waals surface area (Å²) >= 11 is 0. The predicted octanol–water partition coefficient (Wildman–Crippen LogP) is 2.66. The molecule has 0 saturated carbocycles. The Labute approximate surface area is 124 Å². The Kier molecular flexibility index (Phi) is 5.70. The Balaban J connectivity index is 2.01. The molecule has 1 N–H and O–H groups in total. The average Bonchev–Trinajstić information content (AvgIpc) is 2.47. The van der Waals surface area contributed by atoms with E-state index < -0.39 is 0 Å². The van der Waals surface area contributed by atoms with Gasteiger partial charge in [0.05, 0.1) is 25.4 Å². The summed E-state index contributed by atoms with van der Waals surface area (Å²) in [5.74, 6) is -0.551. The van der Waals surface area contributed by atoms with E-state index in [1.54, 1.807) is 6.07 Å². The third-order valence-corrected chi connectivity index (χ3v) is 3.38. The third kappa shape index (κ3) is 4.79. The van der Waals surface area contributed by atoms with Crippen molar-refractivity contribution in [2.75, 3.05) is 13.2 Å². The van der Waals surface area contributed by atoms with Gasteiger partial charge in [-0.15, -0.1) is 0 Å². The molecule has 21 heavy (non-hydrogen) atoms. The van der Waals surface area contributed by atoms with Crippen molar-refractivity contribution in [3.63, 3.8) is 0 Å². The first-order valence-corrected chi connectivity index (χ1v) is 7.35. The maximum Gasteiger partial charge on any atom is 0.251 e. The van der Waals surface area contributed by atoms with Gasteiger partial charge in [0, 0.05) is 17.7 Å². The summed E-state index contributed by atoms with van der Waals surface area (Å²) in [6, 6.07) is 4.39. The standard InChI is InChI=1S/C16H22FNO3/c1-11(2)21-9-13-8-12(5-6-15(13)17)16(19)18-14-4-3-7-20-10-14/h5-6,8,11,14H,3-4,7,9-10H2,1-2H3,(H,18,19)/t14-/m0/s1. The van der Waals surface area contributed by atoms with Gasteiger partial charge >= 0.3 is 0 Å². The van der Waals surface area contributed by atoms with E-state index >= 15 is 0 Å². The Hall–Kier alpha value is -1.46. The first-order chi connectivity index (χ1) is 10.1. The second kappa shape index (κ2) is 7.52. The summed E-state index contributed by atoms with van der Waals surface area (Å²) in [6.07, 6.45) is 1.87. The van der Waals surface area contributed by atoms with Gasteiger partial charge in [-0.2, -0.15) is 0 Å². The van der Waals surface area contributed by atoms with Gasteiger partial charge in [0.15, 0.2) is 0 Å². The molecule has 0 aliphatic carbocycles. The fourth-order valence-electron chi connectivity index (χ4n) is 2.21. The maximum absolute atomic E-state index is 13.7. The number of carbonyl (C=O) groups excluding carboxylic acids is 1.